The number of hydrogen-bond acceptors (Lipinski definition) is 5. The third kappa shape index (κ3) is 3.52. The van der Waals surface area contributed by atoms with E-state index in [9.17, 15) is 0 Å². The Balaban J connectivity index is 1.90. The van der Waals surface area contributed by atoms with Crippen LogP contribution in [-0.2, 0) is 4.74 Å². The van der Waals surface area contributed by atoms with Gasteiger partial charge in [0, 0.05) is 31.6 Å². The monoisotopic (exact) mass is 253 g/mol. The molecule has 0 aliphatic carbocycles. The molecule has 5 heteroatoms. The summed E-state index contributed by atoms with van der Waals surface area (Å²) in [7, 11) is 0. The van der Waals surface area contributed by atoms with E-state index < -0.39 is 0 Å². The highest BCUT2D eigenvalue weighted by Gasteiger charge is 2.15. The van der Waals surface area contributed by atoms with Gasteiger partial charge in [-0.3, -0.25) is 4.90 Å². The predicted octanol–water partition coefficient (Wildman–Crippen LogP) is 1.85. The van der Waals surface area contributed by atoms with E-state index in [2.05, 4.69) is 16.0 Å². The first kappa shape index (κ1) is 12.5. The highest BCUT2D eigenvalue weighted by atomic mass is 32.1. The number of nitrogens with zero attached hydrogens (tertiary/aromatic N) is 2. The highest BCUT2D eigenvalue weighted by Crippen LogP contribution is 2.23. The molecule has 4 nitrogen and oxygen atoms in total. The van der Waals surface area contributed by atoms with Gasteiger partial charge < -0.3 is 10.5 Å². The summed E-state index contributed by atoms with van der Waals surface area (Å²) in [6.45, 7) is 6.68. The van der Waals surface area contributed by atoms with Crippen LogP contribution in [0.5, 0.6) is 0 Å². The molecule has 0 fully saturated rings. The molecular formula is C12H19N3OS. The molecule has 0 bridgehead atoms. The second-order valence-corrected chi connectivity index (χ2v) is 4.95. The molecule has 94 valence electrons. The van der Waals surface area contributed by atoms with Crippen molar-refractivity contribution in [3.05, 3.63) is 17.2 Å². The van der Waals surface area contributed by atoms with Crippen molar-refractivity contribution in [3.63, 3.8) is 0 Å². The van der Waals surface area contributed by atoms with Crippen molar-refractivity contribution in [1.29, 1.82) is 0 Å². The van der Waals surface area contributed by atoms with Gasteiger partial charge in [-0.15, -0.1) is 11.3 Å². The predicted molar refractivity (Wildman–Crippen MR) is 72.1 cm³/mol. The third-order valence-electron chi connectivity index (χ3n) is 2.84. The summed E-state index contributed by atoms with van der Waals surface area (Å²) < 4.78 is 5.39. The van der Waals surface area contributed by atoms with E-state index in [1.807, 2.05) is 12.3 Å². The molecule has 0 saturated carbocycles. The van der Waals surface area contributed by atoms with E-state index in [1.165, 1.54) is 16.9 Å². The van der Waals surface area contributed by atoms with Crippen molar-refractivity contribution in [3.8, 4) is 0 Å². The molecule has 2 N–H and O–H groups in total. The molecule has 0 radical (unpaired) electrons. The lowest BCUT2D eigenvalue weighted by atomic mass is 10.1. The average molecular weight is 253 g/mol. The molecule has 0 saturated heterocycles. The van der Waals surface area contributed by atoms with Gasteiger partial charge in [0.05, 0.1) is 12.3 Å². The summed E-state index contributed by atoms with van der Waals surface area (Å²) in [4.78, 5) is 6.74. The molecule has 2 rings (SSSR count). The molecular weight excluding hydrogens is 234 g/mol. The van der Waals surface area contributed by atoms with Gasteiger partial charge >= 0.3 is 0 Å². The molecule has 1 aromatic heterocycles. The summed E-state index contributed by atoms with van der Waals surface area (Å²) in [6.07, 6.45) is 3.35. The van der Waals surface area contributed by atoms with E-state index in [1.54, 1.807) is 0 Å². The Bertz CT molecular complexity index is 389. The van der Waals surface area contributed by atoms with Gasteiger partial charge in [-0.2, -0.15) is 0 Å². The smallest absolute Gasteiger partial charge is 0.180 e. The number of hydrogen-bond donors (Lipinski definition) is 1. The standard InChI is InChI=1S/C12H19N3OS/c1-2-16-7-6-15-5-3-4-10(8-15)11-9-17-12(13)14-11/h4,9H,2-3,5-8H2,1H3,(H2,13,14). The normalized spacial score (nSPS) is 17.1. The molecule has 0 aromatic carbocycles. The Hall–Kier alpha value is -0.910. The lowest BCUT2D eigenvalue weighted by Gasteiger charge is -2.26. The Kier molecular flexibility index (Phi) is 4.53. The van der Waals surface area contributed by atoms with E-state index in [4.69, 9.17) is 10.5 Å². The minimum atomic E-state index is 0.646. The van der Waals surface area contributed by atoms with Crippen LogP contribution in [0.2, 0.25) is 0 Å². The summed E-state index contributed by atoms with van der Waals surface area (Å²) >= 11 is 1.50. The molecule has 1 aliphatic rings. The van der Waals surface area contributed by atoms with E-state index in [-0.39, 0.29) is 0 Å². The Labute approximate surface area is 106 Å². The largest absolute Gasteiger partial charge is 0.380 e. The molecule has 0 amide bonds. The van der Waals surface area contributed by atoms with Crippen LogP contribution in [0.1, 0.15) is 19.0 Å². The van der Waals surface area contributed by atoms with Crippen LogP contribution in [0.15, 0.2) is 11.5 Å². The van der Waals surface area contributed by atoms with Crippen molar-refractivity contribution in [1.82, 2.24) is 9.88 Å². The quantitative estimate of drug-likeness (QED) is 0.814. The van der Waals surface area contributed by atoms with Gasteiger partial charge in [0.2, 0.25) is 0 Å². The Morgan fingerprint density at radius 3 is 3.18 bits per heavy atom. The Morgan fingerprint density at radius 2 is 2.47 bits per heavy atom. The van der Waals surface area contributed by atoms with Crippen LogP contribution in [0.4, 0.5) is 5.13 Å². The molecule has 17 heavy (non-hydrogen) atoms. The number of anilines is 1. The summed E-state index contributed by atoms with van der Waals surface area (Å²) in [5, 5.41) is 2.68. The first-order chi connectivity index (χ1) is 8.29. The van der Waals surface area contributed by atoms with Crippen molar-refractivity contribution in [2.75, 3.05) is 38.6 Å². The summed E-state index contributed by atoms with van der Waals surface area (Å²) in [5.41, 5.74) is 7.99. The van der Waals surface area contributed by atoms with Gasteiger partial charge in [-0.1, -0.05) is 6.08 Å². The van der Waals surface area contributed by atoms with Crippen molar-refractivity contribution < 1.29 is 4.74 Å². The van der Waals surface area contributed by atoms with Gasteiger partial charge in [-0.05, 0) is 18.9 Å². The van der Waals surface area contributed by atoms with Gasteiger partial charge in [0.15, 0.2) is 5.13 Å². The lowest BCUT2D eigenvalue weighted by molar-refractivity contribution is 0.118. The zero-order valence-electron chi connectivity index (χ0n) is 10.2. The second kappa shape index (κ2) is 6.14. The van der Waals surface area contributed by atoms with Gasteiger partial charge in [0.1, 0.15) is 0 Å². The van der Waals surface area contributed by atoms with Crippen LogP contribution < -0.4 is 5.73 Å². The topological polar surface area (TPSA) is 51.4 Å². The molecule has 0 atom stereocenters. The maximum atomic E-state index is 5.66. The van der Waals surface area contributed by atoms with Gasteiger partial charge in [0.25, 0.3) is 0 Å². The molecule has 2 heterocycles. The van der Waals surface area contributed by atoms with Crippen molar-refractivity contribution >= 4 is 22.0 Å². The minimum absolute atomic E-state index is 0.646. The van der Waals surface area contributed by atoms with Crippen LogP contribution in [-0.4, -0.2) is 42.7 Å². The first-order valence-electron chi connectivity index (χ1n) is 6.00. The van der Waals surface area contributed by atoms with Gasteiger partial charge in [-0.25, -0.2) is 4.98 Å². The highest BCUT2D eigenvalue weighted by molar-refractivity contribution is 7.13. The lowest BCUT2D eigenvalue weighted by Crippen LogP contribution is -2.32. The zero-order chi connectivity index (χ0) is 12.1. The van der Waals surface area contributed by atoms with Crippen LogP contribution in [0.25, 0.3) is 5.57 Å². The van der Waals surface area contributed by atoms with Crippen LogP contribution >= 0.6 is 11.3 Å². The fourth-order valence-corrected chi connectivity index (χ4v) is 2.54. The Morgan fingerprint density at radius 1 is 1.59 bits per heavy atom. The molecule has 0 spiro atoms. The summed E-state index contributed by atoms with van der Waals surface area (Å²) in [5.74, 6) is 0. The number of nitrogens with two attached hydrogens (primary N) is 1. The van der Waals surface area contributed by atoms with E-state index in [0.29, 0.717) is 5.13 Å². The summed E-state index contributed by atoms with van der Waals surface area (Å²) in [6, 6.07) is 0. The van der Waals surface area contributed by atoms with Crippen molar-refractivity contribution in [2.45, 2.75) is 13.3 Å². The van der Waals surface area contributed by atoms with Crippen LogP contribution in [0, 0.1) is 0 Å². The molecule has 1 aromatic rings. The number of ether oxygens (including phenoxy) is 1. The average Bonchev–Trinajstić information content (AvgIpc) is 2.77. The van der Waals surface area contributed by atoms with E-state index >= 15 is 0 Å². The van der Waals surface area contributed by atoms with Crippen molar-refractivity contribution in [2.24, 2.45) is 0 Å². The maximum absolute atomic E-state index is 5.66. The number of rotatable bonds is 5. The first-order valence-corrected chi connectivity index (χ1v) is 6.88. The fraction of sp³-hybridized carbons (Fsp3) is 0.583. The van der Waals surface area contributed by atoms with E-state index in [0.717, 1.165) is 45.0 Å². The molecule has 0 unspecified atom stereocenters. The maximum Gasteiger partial charge on any atom is 0.180 e. The van der Waals surface area contributed by atoms with Crippen LogP contribution in [0.3, 0.4) is 0 Å². The number of aromatic nitrogens is 1. The minimum Gasteiger partial charge on any atom is -0.380 e. The third-order valence-corrected chi connectivity index (χ3v) is 3.51. The molecule has 1 aliphatic heterocycles. The fourth-order valence-electron chi connectivity index (χ4n) is 1.96. The second-order valence-electron chi connectivity index (χ2n) is 4.06. The SMILES string of the molecule is CCOCCN1CCC=C(c2csc(N)n2)C1. The number of thiazole rings is 1. The zero-order valence-corrected chi connectivity index (χ0v) is 11.0. The number of nitrogen functional groups attached to an aromatic ring is 1.